The first-order valence-electron chi connectivity index (χ1n) is 6.47. The lowest BCUT2D eigenvalue weighted by Crippen LogP contribution is -2.09. The number of anilines is 1. The van der Waals surface area contributed by atoms with Crippen LogP contribution in [0.15, 0.2) is 46.9 Å². The number of nitrogens with one attached hydrogen (secondary N) is 1. The van der Waals surface area contributed by atoms with Gasteiger partial charge in [0, 0.05) is 10.5 Å². The van der Waals surface area contributed by atoms with Crippen molar-refractivity contribution in [2.75, 3.05) is 5.32 Å². The monoisotopic (exact) mass is 363 g/mol. The Bertz CT molecular complexity index is 687. The first-order valence-corrected chi connectivity index (χ1v) is 7.65. The molecule has 0 fully saturated rings. The fourth-order valence-electron chi connectivity index (χ4n) is 2.01. The lowest BCUT2D eigenvalue weighted by atomic mass is 10.1. The molecule has 108 valence electrons. The molecular weight excluding hydrogens is 350 g/mol. The number of rotatable bonds is 3. The van der Waals surface area contributed by atoms with Gasteiger partial charge >= 0.3 is 0 Å². The molecule has 0 saturated carbocycles. The molecule has 0 heterocycles. The minimum atomic E-state index is -0.209. The number of aryl methyl sites for hydroxylation is 2. The Balaban J connectivity index is 2.15. The van der Waals surface area contributed by atoms with E-state index in [0.29, 0.717) is 10.7 Å². The number of carbonyl (C=O) groups excluding carboxylic acids is 1. The van der Waals surface area contributed by atoms with Gasteiger partial charge in [0.1, 0.15) is 0 Å². The minimum Gasteiger partial charge on any atom is -0.321 e. The molecule has 0 saturated heterocycles. The zero-order valence-electron chi connectivity index (χ0n) is 11.8. The van der Waals surface area contributed by atoms with Crippen LogP contribution >= 0.6 is 27.5 Å². The highest BCUT2D eigenvalue weighted by atomic mass is 79.9. The van der Waals surface area contributed by atoms with Crippen LogP contribution in [-0.2, 0) is 4.79 Å². The molecule has 0 radical (unpaired) electrons. The van der Waals surface area contributed by atoms with Crippen LogP contribution in [0.5, 0.6) is 0 Å². The Morgan fingerprint density at radius 2 is 1.95 bits per heavy atom. The van der Waals surface area contributed by atoms with Crippen LogP contribution in [0.25, 0.3) is 6.08 Å². The number of hydrogen-bond acceptors (Lipinski definition) is 1. The summed E-state index contributed by atoms with van der Waals surface area (Å²) >= 11 is 9.62. The zero-order chi connectivity index (χ0) is 15.4. The fraction of sp³-hybridized carbons (Fsp3) is 0.118. The van der Waals surface area contributed by atoms with Gasteiger partial charge in [-0.25, -0.2) is 0 Å². The standard InChI is InChI=1S/C17H15BrClNO/c1-11-9-12(2)17(15(19)10-11)20-16(21)8-7-13-5-3-4-6-14(13)18/h3-10H,1-2H3,(H,20,21). The molecule has 0 aliphatic carbocycles. The van der Waals surface area contributed by atoms with Crippen LogP contribution in [0, 0.1) is 13.8 Å². The predicted molar refractivity (Wildman–Crippen MR) is 92.7 cm³/mol. The number of hydrogen-bond donors (Lipinski definition) is 1. The van der Waals surface area contributed by atoms with E-state index < -0.39 is 0 Å². The van der Waals surface area contributed by atoms with Gasteiger partial charge in [0.25, 0.3) is 0 Å². The smallest absolute Gasteiger partial charge is 0.248 e. The maximum atomic E-state index is 12.0. The van der Waals surface area contributed by atoms with Crippen molar-refractivity contribution in [3.05, 3.63) is 68.7 Å². The molecule has 2 aromatic rings. The molecule has 0 aliphatic heterocycles. The number of amides is 1. The summed E-state index contributed by atoms with van der Waals surface area (Å²) < 4.78 is 0.943. The Labute approximate surface area is 138 Å². The van der Waals surface area contributed by atoms with E-state index in [4.69, 9.17) is 11.6 Å². The Morgan fingerprint density at radius 1 is 1.24 bits per heavy atom. The normalized spacial score (nSPS) is 10.9. The fourth-order valence-corrected chi connectivity index (χ4v) is 2.80. The maximum absolute atomic E-state index is 12.0. The van der Waals surface area contributed by atoms with E-state index in [0.717, 1.165) is 21.2 Å². The molecule has 1 amide bonds. The van der Waals surface area contributed by atoms with Gasteiger partial charge in [-0.3, -0.25) is 4.79 Å². The molecule has 0 atom stereocenters. The summed E-state index contributed by atoms with van der Waals surface area (Å²) in [6.07, 6.45) is 3.26. The second-order valence-electron chi connectivity index (χ2n) is 4.78. The van der Waals surface area contributed by atoms with E-state index in [-0.39, 0.29) is 5.91 Å². The Hall–Kier alpha value is -1.58. The second-order valence-corrected chi connectivity index (χ2v) is 6.04. The summed E-state index contributed by atoms with van der Waals surface area (Å²) in [7, 11) is 0. The average Bonchev–Trinajstić information content (AvgIpc) is 2.42. The van der Waals surface area contributed by atoms with Crippen molar-refractivity contribution < 1.29 is 4.79 Å². The van der Waals surface area contributed by atoms with Crippen LogP contribution in [0.4, 0.5) is 5.69 Å². The van der Waals surface area contributed by atoms with Gasteiger partial charge in [0.15, 0.2) is 0 Å². The third kappa shape index (κ3) is 4.19. The van der Waals surface area contributed by atoms with Crippen LogP contribution < -0.4 is 5.32 Å². The molecular formula is C17H15BrClNO. The quantitative estimate of drug-likeness (QED) is 0.729. The molecule has 1 N–H and O–H groups in total. The molecule has 0 aromatic heterocycles. The van der Waals surface area contributed by atoms with E-state index in [1.165, 1.54) is 6.08 Å². The third-order valence-electron chi connectivity index (χ3n) is 3.00. The topological polar surface area (TPSA) is 29.1 Å². The number of benzene rings is 2. The second kappa shape index (κ2) is 6.92. The van der Waals surface area contributed by atoms with Gasteiger partial charge in [0.05, 0.1) is 10.7 Å². The molecule has 0 bridgehead atoms. The SMILES string of the molecule is Cc1cc(C)c(NC(=O)C=Cc2ccccc2Br)c(Cl)c1. The van der Waals surface area contributed by atoms with E-state index in [2.05, 4.69) is 21.2 Å². The van der Waals surface area contributed by atoms with Crippen molar-refractivity contribution >= 4 is 45.2 Å². The molecule has 21 heavy (non-hydrogen) atoms. The van der Waals surface area contributed by atoms with Crippen molar-refractivity contribution in [3.63, 3.8) is 0 Å². The van der Waals surface area contributed by atoms with E-state index in [1.54, 1.807) is 6.08 Å². The summed E-state index contributed by atoms with van der Waals surface area (Å²) in [6.45, 7) is 3.89. The highest BCUT2D eigenvalue weighted by molar-refractivity contribution is 9.10. The van der Waals surface area contributed by atoms with Gasteiger partial charge in [0.2, 0.25) is 5.91 Å². The summed E-state index contributed by atoms with van der Waals surface area (Å²) in [6, 6.07) is 11.5. The van der Waals surface area contributed by atoms with Crippen molar-refractivity contribution in [2.45, 2.75) is 13.8 Å². The van der Waals surface area contributed by atoms with Gasteiger partial charge in [-0.15, -0.1) is 0 Å². The van der Waals surface area contributed by atoms with E-state index in [1.807, 2.05) is 50.2 Å². The van der Waals surface area contributed by atoms with Crippen LogP contribution in [0.2, 0.25) is 5.02 Å². The molecule has 4 heteroatoms. The summed E-state index contributed by atoms with van der Waals surface area (Å²) in [4.78, 5) is 12.0. The maximum Gasteiger partial charge on any atom is 0.248 e. The Morgan fingerprint density at radius 3 is 2.62 bits per heavy atom. The van der Waals surface area contributed by atoms with Crippen molar-refractivity contribution in [1.29, 1.82) is 0 Å². The lowest BCUT2D eigenvalue weighted by Gasteiger charge is -2.10. The molecule has 0 spiro atoms. The van der Waals surface area contributed by atoms with Gasteiger partial charge in [-0.05, 0) is 48.7 Å². The first-order chi connectivity index (χ1) is 9.97. The van der Waals surface area contributed by atoms with Crippen molar-refractivity contribution in [2.24, 2.45) is 0 Å². The molecule has 0 unspecified atom stereocenters. The summed E-state index contributed by atoms with van der Waals surface area (Å²) in [5.74, 6) is -0.209. The first kappa shape index (κ1) is 15.8. The number of carbonyl (C=O) groups is 1. The lowest BCUT2D eigenvalue weighted by molar-refractivity contribution is -0.111. The van der Waals surface area contributed by atoms with Gasteiger partial charge in [-0.1, -0.05) is 51.8 Å². The van der Waals surface area contributed by atoms with Crippen LogP contribution in [0.1, 0.15) is 16.7 Å². The predicted octanol–water partition coefficient (Wildman–Crippen LogP) is 5.37. The highest BCUT2D eigenvalue weighted by Gasteiger charge is 2.07. The van der Waals surface area contributed by atoms with E-state index in [9.17, 15) is 4.79 Å². The van der Waals surface area contributed by atoms with Crippen molar-refractivity contribution in [3.8, 4) is 0 Å². The van der Waals surface area contributed by atoms with Gasteiger partial charge in [-0.2, -0.15) is 0 Å². The largest absolute Gasteiger partial charge is 0.321 e. The van der Waals surface area contributed by atoms with Crippen LogP contribution in [0.3, 0.4) is 0 Å². The van der Waals surface area contributed by atoms with Gasteiger partial charge < -0.3 is 5.32 Å². The van der Waals surface area contributed by atoms with Crippen molar-refractivity contribution in [1.82, 2.24) is 0 Å². The molecule has 0 aliphatic rings. The minimum absolute atomic E-state index is 0.209. The Kier molecular flexibility index (Phi) is 5.21. The average molecular weight is 365 g/mol. The molecule has 2 aromatic carbocycles. The van der Waals surface area contributed by atoms with Crippen LogP contribution in [-0.4, -0.2) is 5.91 Å². The third-order valence-corrected chi connectivity index (χ3v) is 4.02. The zero-order valence-corrected chi connectivity index (χ0v) is 14.1. The summed E-state index contributed by atoms with van der Waals surface area (Å²) in [5, 5.41) is 3.37. The van der Waals surface area contributed by atoms with E-state index >= 15 is 0 Å². The number of halogens is 2. The molecule has 2 nitrogen and oxygen atoms in total. The highest BCUT2D eigenvalue weighted by Crippen LogP contribution is 2.27. The molecule has 2 rings (SSSR count). The summed E-state index contributed by atoms with van der Waals surface area (Å²) in [5.41, 5.74) is 3.62.